The van der Waals surface area contributed by atoms with Crippen molar-refractivity contribution in [3.8, 4) is 0 Å². The molecule has 0 bridgehead atoms. The second-order valence-corrected chi connectivity index (χ2v) is 4.61. The average Bonchev–Trinajstić information content (AvgIpc) is 2.64. The van der Waals surface area contributed by atoms with Gasteiger partial charge in [-0.1, -0.05) is 5.16 Å². The van der Waals surface area contributed by atoms with E-state index in [2.05, 4.69) is 15.8 Å². The second kappa shape index (κ2) is 7.33. The summed E-state index contributed by atoms with van der Waals surface area (Å²) < 4.78 is 10.1. The lowest BCUT2D eigenvalue weighted by atomic mass is 10.1. The Morgan fingerprint density at radius 3 is 2.78 bits per heavy atom. The van der Waals surface area contributed by atoms with Gasteiger partial charge in [-0.3, -0.25) is 0 Å². The second-order valence-electron chi connectivity index (χ2n) is 4.21. The highest BCUT2D eigenvalue weighted by molar-refractivity contribution is 7.80. The van der Waals surface area contributed by atoms with Crippen LogP contribution in [0.5, 0.6) is 0 Å². The highest BCUT2D eigenvalue weighted by Gasteiger charge is 2.16. The van der Waals surface area contributed by atoms with Crippen LogP contribution in [0.2, 0.25) is 0 Å². The van der Waals surface area contributed by atoms with Crippen LogP contribution in [0.15, 0.2) is 4.52 Å². The Labute approximate surface area is 113 Å². The SMILES string of the molecule is COCCCNC(=S)NC(C)c1c(C)noc1C. The van der Waals surface area contributed by atoms with Gasteiger partial charge in [0.1, 0.15) is 5.76 Å². The van der Waals surface area contributed by atoms with Crippen molar-refractivity contribution >= 4 is 17.3 Å². The smallest absolute Gasteiger partial charge is 0.166 e. The van der Waals surface area contributed by atoms with E-state index in [1.165, 1.54) is 0 Å². The number of nitrogens with one attached hydrogen (secondary N) is 2. The van der Waals surface area contributed by atoms with Gasteiger partial charge in [0.2, 0.25) is 0 Å². The van der Waals surface area contributed by atoms with E-state index in [-0.39, 0.29) is 6.04 Å². The Morgan fingerprint density at radius 2 is 2.22 bits per heavy atom. The van der Waals surface area contributed by atoms with E-state index in [0.717, 1.165) is 36.6 Å². The van der Waals surface area contributed by atoms with Gasteiger partial charge in [0.15, 0.2) is 5.11 Å². The van der Waals surface area contributed by atoms with E-state index < -0.39 is 0 Å². The molecule has 0 aliphatic carbocycles. The van der Waals surface area contributed by atoms with E-state index in [1.807, 2.05) is 20.8 Å². The van der Waals surface area contributed by atoms with Crippen LogP contribution in [0, 0.1) is 13.8 Å². The summed E-state index contributed by atoms with van der Waals surface area (Å²) in [6.07, 6.45) is 0.929. The van der Waals surface area contributed by atoms with E-state index in [4.69, 9.17) is 21.5 Å². The molecule has 102 valence electrons. The van der Waals surface area contributed by atoms with E-state index in [9.17, 15) is 0 Å². The van der Waals surface area contributed by atoms with Crippen LogP contribution in [0.4, 0.5) is 0 Å². The molecule has 0 aromatic carbocycles. The lowest BCUT2D eigenvalue weighted by Crippen LogP contribution is -2.37. The van der Waals surface area contributed by atoms with Crippen molar-refractivity contribution in [3.63, 3.8) is 0 Å². The lowest BCUT2D eigenvalue weighted by Gasteiger charge is -2.16. The van der Waals surface area contributed by atoms with Gasteiger partial charge in [-0.05, 0) is 39.4 Å². The van der Waals surface area contributed by atoms with E-state index in [0.29, 0.717) is 5.11 Å². The van der Waals surface area contributed by atoms with Crippen molar-refractivity contribution in [1.82, 2.24) is 15.8 Å². The van der Waals surface area contributed by atoms with Crippen LogP contribution < -0.4 is 10.6 Å². The summed E-state index contributed by atoms with van der Waals surface area (Å²) in [5.41, 5.74) is 1.96. The van der Waals surface area contributed by atoms with E-state index >= 15 is 0 Å². The zero-order valence-electron chi connectivity index (χ0n) is 11.4. The Kier molecular flexibility index (Phi) is 6.07. The molecule has 0 radical (unpaired) electrons. The topological polar surface area (TPSA) is 59.3 Å². The summed E-state index contributed by atoms with van der Waals surface area (Å²) in [7, 11) is 1.69. The molecular formula is C12H21N3O2S. The minimum absolute atomic E-state index is 0.0821. The zero-order chi connectivity index (χ0) is 13.5. The van der Waals surface area contributed by atoms with Crippen LogP contribution in [0.3, 0.4) is 0 Å². The number of hydrogen-bond donors (Lipinski definition) is 2. The average molecular weight is 271 g/mol. The number of ether oxygens (including phenoxy) is 1. The summed E-state index contributed by atoms with van der Waals surface area (Å²) in [5, 5.41) is 10.9. The normalized spacial score (nSPS) is 12.2. The molecular weight excluding hydrogens is 250 g/mol. The molecule has 1 heterocycles. The quantitative estimate of drug-likeness (QED) is 0.608. The summed E-state index contributed by atoms with van der Waals surface area (Å²) in [5.74, 6) is 0.828. The molecule has 2 N–H and O–H groups in total. The van der Waals surface area contributed by atoms with Crippen molar-refractivity contribution in [1.29, 1.82) is 0 Å². The maximum atomic E-state index is 5.23. The predicted molar refractivity (Wildman–Crippen MR) is 74.6 cm³/mol. The third-order valence-electron chi connectivity index (χ3n) is 2.68. The number of aromatic nitrogens is 1. The number of methoxy groups -OCH3 is 1. The molecule has 1 rings (SSSR count). The molecule has 5 nitrogen and oxygen atoms in total. The van der Waals surface area contributed by atoms with Crippen molar-refractivity contribution in [3.05, 3.63) is 17.0 Å². The third kappa shape index (κ3) is 4.27. The van der Waals surface area contributed by atoms with Crippen LogP contribution in [-0.2, 0) is 4.74 Å². The van der Waals surface area contributed by atoms with Gasteiger partial charge in [-0.2, -0.15) is 0 Å². The molecule has 6 heteroatoms. The first-order chi connectivity index (χ1) is 8.56. The first-order valence-electron chi connectivity index (χ1n) is 6.02. The fourth-order valence-electron chi connectivity index (χ4n) is 1.85. The number of aryl methyl sites for hydroxylation is 2. The molecule has 0 spiro atoms. The highest BCUT2D eigenvalue weighted by atomic mass is 32.1. The van der Waals surface area contributed by atoms with E-state index in [1.54, 1.807) is 7.11 Å². The molecule has 1 aromatic heterocycles. The van der Waals surface area contributed by atoms with Crippen molar-refractivity contribution in [2.45, 2.75) is 33.2 Å². The predicted octanol–water partition coefficient (Wildman–Crippen LogP) is 1.85. The molecule has 0 amide bonds. The van der Waals surface area contributed by atoms with Gasteiger partial charge in [0.05, 0.1) is 11.7 Å². The fraction of sp³-hybridized carbons (Fsp3) is 0.667. The summed E-state index contributed by atoms with van der Waals surface area (Å²) in [6.45, 7) is 7.40. The number of thiocarbonyl (C=S) groups is 1. The first kappa shape index (κ1) is 14.9. The van der Waals surface area contributed by atoms with Gasteiger partial charge in [-0.25, -0.2) is 0 Å². The Bertz CT molecular complexity index is 373. The van der Waals surface area contributed by atoms with Crippen molar-refractivity contribution < 1.29 is 9.26 Å². The first-order valence-corrected chi connectivity index (χ1v) is 6.43. The molecule has 0 aliphatic heterocycles. The lowest BCUT2D eigenvalue weighted by molar-refractivity contribution is 0.195. The Morgan fingerprint density at radius 1 is 1.50 bits per heavy atom. The molecule has 0 aliphatic rings. The largest absolute Gasteiger partial charge is 0.385 e. The highest BCUT2D eigenvalue weighted by Crippen LogP contribution is 2.20. The standard InChI is InChI=1S/C12H21N3O2S/c1-8(11-9(2)15-17-10(11)3)14-12(18)13-6-5-7-16-4/h8H,5-7H2,1-4H3,(H2,13,14,18). The Hall–Kier alpha value is -1.14. The van der Waals surface area contributed by atoms with Gasteiger partial charge in [-0.15, -0.1) is 0 Å². The molecule has 1 aromatic rings. The Balaban J connectivity index is 2.40. The zero-order valence-corrected chi connectivity index (χ0v) is 12.2. The van der Waals surface area contributed by atoms with Gasteiger partial charge in [0.25, 0.3) is 0 Å². The molecule has 18 heavy (non-hydrogen) atoms. The van der Waals surface area contributed by atoms with Gasteiger partial charge < -0.3 is 19.9 Å². The monoisotopic (exact) mass is 271 g/mol. The summed E-state index contributed by atoms with van der Waals surface area (Å²) >= 11 is 5.23. The maximum Gasteiger partial charge on any atom is 0.166 e. The molecule has 0 saturated carbocycles. The number of nitrogens with zero attached hydrogens (tertiary/aromatic N) is 1. The molecule has 0 saturated heterocycles. The van der Waals surface area contributed by atoms with Crippen LogP contribution in [0.25, 0.3) is 0 Å². The van der Waals surface area contributed by atoms with Crippen molar-refractivity contribution in [2.24, 2.45) is 0 Å². The summed E-state index contributed by atoms with van der Waals surface area (Å²) in [4.78, 5) is 0. The summed E-state index contributed by atoms with van der Waals surface area (Å²) in [6, 6.07) is 0.0821. The van der Waals surface area contributed by atoms with Crippen LogP contribution >= 0.6 is 12.2 Å². The van der Waals surface area contributed by atoms with Crippen LogP contribution in [0.1, 0.15) is 36.4 Å². The van der Waals surface area contributed by atoms with Gasteiger partial charge in [0, 0.05) is 25.8 Å². The molecule has 0 fully saturated rings. The number of hydrogen-bond acceptors (Lipinski definition) is 4. The van der Waals surface area contributed by atoms with Crippen LogP contribution in [-0.4, -0.2) is 30.5 Å². The minimum atomic E-state index is 0.0821. The van der Waals surface area contributed by atoms with Gasteiger partial charge >= 0.3 is 0 Å². The molecule has 1 atom stereocenters. The van der Waals surface area contributed by atoms with Crippen molar-refractivity contribution in [2.75, 3.05) is 20.3 Å². The maximum absolute atomic E-state index is 5.23. The fourth-order valence-corrected chi connectivity index (χ4v) is 2.13. The number of rotatable bonds is 6. The third-order valence-corrected chi connectivity index (χ3v) is 2.94. The minimum Gasteiger partial charge on any atom is -0.385 e. The molecule has 1 unspecified atom stereocenters.